The van der Waals surface area contributed by atoms with Gasteiger partial charge in [-0.2, -0.15) is 0 Å². The molecule has 0 unspecified atom stereocenters. The fourth-order valence-corrected chi connectivity index (χ4v) is 2.80. The van der Waals surface area contributed by atoms with Gasteiger partial charge in [-0.3, -0.25) is 4.79 Å². The van der Waals surface area contributed by atoms with E-state index in [4.69, 9.17) is 9.47 Å². The largest absolute Gasteiger partial charge is 0.485 e. The standard InChI is InChI=1S/C20H17NO3/c22-20(19-13-23-17-7-3-4-8-18(17)24-19)21-12-14-9-10-15-5-1-2-6-16(15)11-14/h1-11,19H,12-13H2,(H,21,22)/t19-/m1/s1. The molecule has 1 atom stereocenters. The molecule has 0 spiro atoms. The number of nitrogens with one attached hydrogen (secondary N) is 1. The van der Waals surface area contributed by atoms with Crippen LogP contribution in [-0.4, -0.2) is 18.6 Å². The van der Waals surface area contributed by atoms with E-state index in [2.05, 4.69) is 29.6 Å². The smallest absolute Gasteiger partial charge is 0.264 e. The summed E-state index contributed by atoms with van der Waals surface area (Å²) in [6.45, 7) is 0.686. The van der Waals surface area contributed by atoms with E-state index in [9.17, 15) is 4.79 Å². The minimum Gasteiger partial charge on any atom is -0.485 e. The SMILES string of the molecule is O=C(NCc1ccc2ccccc2c1)[C@H]1COc2ccccc2O1. The highest BCUT2D eigenvalue weighted by molar-refractivity contribution is 5.84. The number of para-hydroxylation sites is 2. The number of benzene rings is 3. The number of carbonyl (C=O) groups is 1. The van der Waals surface area contributed by atoms with Crippen LogP contribution in [0, 0.1) is 0 Å². The van der Waals surface area contributed by atoms with Crippen LogP contribution in [0.5, 0.6) is 11.5 Å². The summed E-state index contributed by atoms with van der Waals surface area (Å²) in [7, 11) is 0. The molecule has 4 rings (SSSR count). The van der Waals surface area contributed by atoms with Crippen LogP contribution in [-0.2, 0) is 11.3 Å². The van der Waals surface area contributed by atoms with Crippen LogP contribution < -0.4 is 14.8 Å². The Hall–Kier alpha value is -3.01. The molecule has 1 aliphatic heterocycles. The number of ether oxygens (including phenoxy) is 2. The zero-order chi connectivity index (χ0) is 16.4. The summed E-state index contributed by atoms with van der Waals surface area (Å²) >= 11 is 0. The highest BCUT2D eigenvalue weighted by Gasteiger charge is 2.26. The predicted molar refractivity (Wildman–Crippen MR) is 92.1 cm³/mol. The average molecular weight is 319 g/mol. The molecule has 3 aromatic rings. The first-order chi connectivity index (χ1) is 11.8. The number of hydrogen-bond donors (Lipinski definition) is 1. The van der Waals surface area contributed by atoms with Crippen molar-refractivity contribution in [2.45, 2.75) is 12.6 Å². The monoisotopic (exact) mass is 319 g/mol. The molecule has 120 valence electrons. The quantitative estimate of drug-likeness (QED) is 0.806. The van der Waals surface area contributed by atoms with Gasteiger partial charge in [-0.15, -0.1) is 0 Å². The van der Waals surface area contributed by atoms with Crippen LogP contribution in [0.4, 0.5) is 0 Å². The van der Waals surface area contributed by atoms with Crippen molar-refractivity contribution < 1.29 is 14.3 Å². The van der Waals surface area contributed by atoms with E-state index in [1.807, 2.05) is 36.4 Å². The van der Waals surface area contributed by atoms with Gasteiger partial charge in [0.2, 0.25) is 6.10 Å². The van der Waals surface area contributed by atoms with Crippen molar-refractivity contribution in [2.24, 2.45) is 0 Å². The van der Waals surface area contributed by atoms with Gasteiger partial charge in [0.05, 0.1) is 0 Å². The number of hydrogen-bond acceptors (Lipinski definition) is 3. The van der Waals surface area contributed by atoms with Gasteiger partial charge in [0.25, 0.3) is 5.91 Å². The number of amides is 1. The third kappa shape index (κ3) is 2.91. The Morgan fingerprint density at radius 3 is 2.58 bits per heavy atom. The lowest BCUT2D eigenvalue weighted by Crippen LogP contribution is -2.43. The Morgan fingerprint density at radius 1 is 0.958 bits per heavy atom. The third-order valence-corrected chi connectivity index (χ3v) is 4.08. The van der Waals surface area contributed by atoms with E-state index in [-0.39, 0.29) is 12.5 Å². The van der Waals surface area contributed by atoms with Crippen LogP contribution in [0.15, 0.2) is 66.7 Å². The normalized spacial score (nSPS) is 15.9. The van der Waals surface area contributed by atoms with Gasteiger partial charge < -0.3 is 14.8 Å². The number of carbonyl (C=O) groups excluding carboxylic acids is 1. The van der Waals surface area contributed by atoms with E-state index in [0.29, 0.717) is 18.0 Å². The fourth-order valence-electron chi connectivity index (χ4n) is 2.80. The first kappa shape index (κ1) is 14.6. The van der Waals surface area contributed by atoms with Crippen molar-refractivity contribution in [3.8, 4) is 11.5 Å². The second-order valence-corrected chi connectivity index (χ2v) is 5.76. The zero-order valence-electron chi connectivity index (χ0n) is 13.1. The second-order valence-electron chi connectivity index (χ2n) is 5.76. The fraction of sp³-hybridized carbons (Fsp3) is 0.150. The minimum absolute atomic E-state index is 0.169. The summed E-state index contributed by atoms with van der Waals surface area (Å²) in [5.41, 5.74) is 1.05. The minimum atomic E-state index is -0.625. The summed E-state index contributed by atoms with van der Waals surface area (Å²) in [5.74, 6) is 1.11. The van der Waals surface area contributed by atoms with Crippen molar-refractivity contribution in [3.05, 3.63) is 72.3 Å². The molecular weight excluding hydrogens is 302 g/mol. The molecule has 1 amide bonds. The second kappa shape index (κ2) is 6.24. The number of rotatable bonds is 3. The van der Waals surface area contributed by atoms with Crippen molar-refractivity contribution in [2.75, 3.05) is 6.61 Å². The van der Waals surface area contributed by atoms with Crippen molar-refractivity contribution >= 4 is 16.7 Å². The Kier molecular flexibility index (Phi) is 3.79. The highest BCUT2D eigenvalue weighted by atomic mass is 16.6. The van der Waals surface area contributed by atoms with Gasteiger partial charge in [-0.05, 0) is 34.5 Å². The van der Waals surface area contributed by atoms with Crippen molar-refractivity contribution in [3.63, 3.8) is 0 Å². The molecule has 1 heterocycles. The molecule has 0 fully saturated rings. The Labute approximate surface area is 140 Å². The molecule has 0 saturated carbocycles. The first-order valence-electron chi connectivity index (χ1n) is 7.93. The molecule has 0 radical (unpaired) electrons. The van der Waals surface area contributed by atoms with E-state index < -0.39 is 6.10 Å². The lowest BCUT2D eigenvalue weighted by Gasteiger charge is -2.25. The maximum absolute atomic E-state index is 12.3. The topological polar surface area (TPSA) is 47.6 Å². The van der Waals surface area contributed by atoms with Gasteiger partial charge in [-0.1, -0.05) is 48.5 Å². The van der Waals surface area contributed by atoms with Crippen LogP contribution in [0.25, 0.3) is 10.8 Å². The number of fused-ring (bicyclic) bond motifs is 2. The van der Waals surface area contributed by atoms with E-state index in [1.165, 1.54) is 5.39 Å². The molecule has 1 aliphatic rings. The Morgan fingerprint density at radius 2 is 1.71 bits per heavy atom. The molecule has 24 heavy (non-hydrogen) atoms. The summed E-state index contributed by atoms with van der Waals surface area (Å²) in [5, 5.41) is 5.27. The maximum atomic E-state index is 12.3. The van der Waals surface area contributed by atoms with E-state index in [0.717, 1.165) is 10.9 Å². The Bertz CT molecular complexity index is 891. The highest BCUT2D eigenvalue weighted by Crippen LogP contribution is 2.30. The van der Waals surface area contributed by atoms with Crippen LogP contribution in [0.3, 0.4) is 0 Å². The van der Waals surface area contributed by atoms with Gasteiger partial charge in [-0.25, -0.2) is 0 Å². The van der Waals surface area contributed by atoms with Gasteiger partial charge in [0.1, 0.15) is 6.61 Å². The Balaban J connectivity index is 1.41. The van der Waals surface area contributed by atoms with E-state index >= 15 is 0 Å². The average Bonchev–Trinajstić information content (AvgIpc) is 2.65. The summed E-state index contributed by atoms with van der Waals surface area (Å²) in [6, 6.07) is 21.7. The molecule has 3 aromatic carbocycles. The maximum Gasteiger partial charge on any atom is 0.264 e. The molecule has 0 saturated heterocycles. The lowest BCUT2D eigenvalue weighted by molar-refractivity contribution is -0.130. The van der Waals surface area contributed by atoms with Crippen molar-refractivity contribution in [1.29, 1.82) is 0 Å². The summed E-state index contributed by atoms with van der Waals surface area (Å²) in [4.78, 5) is 12.3. The molecule has 4 heteroatoms. The van der Waals surface area contributed by atoms with E-state index in [1.54, 1.807) is 6.07 Å². The molecule has 0 bridgehead atoms. The van der Waals surface area contributed by atoms with Crippen LogP contribution in [0.1, 0.15) is 5.56 Å². The van der Waals surface area contributed by atoms with Gasteiger partial charge in [0.15, 0.2) is 11.5 Å². The van der Waals surface area contributed by atoms with Crippen LogP contribution >= 0.6 is 0 Å². The summed E-state index contributed by atoms with van der Waals surface area (Å²) in [6.07, 6.45) is -0.625. The summed E-state index contributed by atoms with van der Waals surface area (Å²) < 4.78 is 11.3. The van der Waals surface area contributed by atoms with Crippen molar-refractivity contribution in [1.82, 2.24) is 5.32 Å². The molecular formula is C20H17NO3. The van der Waals surface area contributed by atoms with Gasteiger partial charge in [0, 0.05) is 6.54 Å². The van der Waals surface area contributed by atoms with Gasteiger partial charge >= 0.3 is 0 Å². The van der Waals surface area contributed by atoms with Crippen LogP contribution in [0.2, 0.25) is 0 Å². The molecule has 0 aromatic heterocycles. The molecule has 4 nitrogen and oxygen atoms in total. The third-order valence-electron chi connectivity index (χ3n) is 4.08. The zero-order valence-corrected chi connectivity index (χ0v) is 13.1. The predicted octanol–water partition coefficient (Wildman–Crippen LogP) is 3.30. The lowest BCUT2D eigenvalue weighted by atomic mass is 10.1. The first-order valence-corrected chi connectivity index (χ1v) is 7.93. The molecule has 1 N–H and O–H groups in total. The molecule has 0 aliphatic carbocycles.